The molecule has 0 aliphatic rings. The zero-order valence-corrected chi connectivity index (χ0v) is 16.3. The molecular weight excluding hydrogens is 365 g/mol. The first-order valence-corrected chi connectivity index (χ1v) is 9.65. The van der Waals surface area contributed by atoms with Crippen LogP contribution in [0, 0.1) is 19.7 Å². The van der Waals surface area contributed by atoms with Gasteiger partial charge in [0.05, 0.1) is 28.3 Å². The van der Waals surface area contributed by atoms with Gasteiger partial charge in [-0.3, -0.25) is 0 Å². The molecule has 0 aliphatic heterocycles. The fraction of sp³-hybridized carbons (Fsp3) is 0.250. The molecule has 27 heavy (non-hydrogen) atoms. The zero-order chi connectivity index (χ0) is 19.7. The summed E-state index contributed by atoms with van der Waals surface area (Å²) in [5.41, 5.74) is 4.64. The molecule has 1 atom stereocenters. The number of carbonyl (C=O) groups is 1. The number of thioether (sulfide) groups is 1. The smallest absolute Gasteiger partial charge is 0.337 e. The molecule has 0 unspecified atom stereocenters. The van der Waals surface area contributed by atoms with Crippen molar-refractivity contribution in [3.63, 3.8) is 0 Å². The lowest BCUT2D eigenvalue weighted by Crippen LogP contribution is -2.12. The quantitative estimate of drug-likeness (QED) is 0.604. The van der Waals surface area contributed by atoms with Crippen LogP contribution in [0.5, 0.6) is 0 Å². The second-order valence-corrected chi connectivity index (χ2v) is 7.20. The number of benzene rings is 2. The Morgan fingerprint density at radius 1 is 1.22 bits per heavy atom. The van der Waals surface area contributed by atoms with Crippen LogP contribution in [-0.4, -0.2) is 27.3 Å². The molecule has 0 fully saturated rings. The Kier molecular flexibility index (Phi) is 5.32. The van der Waals surface area contributed by atoms with E-state index in [9.17, 15) is 14.3 Å². The minimum atomic E-state index is -1.18. The first-order valence-electron chi connectivity index (χ1n) is 8.42. The van der Waals surface area contributed by atoms with Gasteiger partial charge in [0.25, 0.3) is 0 Å². The number of nitrogens with zero attached hydrogens (tertiary/aromatic N) is 2. The van der Waals surface area contributed by atoms with E-state index in [0.29, 0.717) is 5.69 Å². The number of fused-ring (bicyclic) bond motifs is 1. The van der Waals surface area contributed by atoms with Crippen molar-refractivity contribution >= 4 is 34.5 Å². The number of hydrogen-bond acceptors (Lipinski definition) is 5. The van der Waals surface area contributed by atoms with Gasteiger partial charge in [0.2, 0.25) is 0 Å². The molecule has 2 N–H and O–H groups in total. The fourth-order valence-electron chi connectivity index (χ4n) is 3.06. The van der Waals surface area contributed by atoms with Gasteiger partial charge < -0.3 is 10.4 Å². The summed E-state index contributed by atoms with van der Waals surface area (Å²) in [5.74, 6) is -1.77. The number of carboxylic acid groups (broad SMARTS) is 1. The van der Waals surface area contributed by atoms with Crippen LogP contribution in [0.15, 0.2) is 35.4 Å². The number of aromatic nitrogens is 2. The van der Waals surface area contributed by atoms with Gasteiger partial charge in [-0.05, 0) is 56.9 Å². The average Bonchev–Trinajstić information content (AvgIpc) is 2.61. The first kappa shape index (κ1) is 19.1. The third kappa shape index (κ3) is 3.88. The Bertz CT molecular complexity index is 1040. The minimum Gasteiger partial charge on any atom is -0.478 e. The van der Waals surface area contributed by atoms with Crippen LogP contribution in [0.4, 0.5) is 10.1 Å². The van der Waals surface area contributed by atoms with Gasteiger partial charge in [-0.15, -0.1) is 11.8 Å². The monoisotopic (exact) mass is 385 g/mol. The molecule has 0 aliphatic carbocycles. The maximum Gasteiger partial charge on any atom is 0.337 e. The highest BCUT2D eigenvalue weighted by Gasteiger charge is 2.18. The maximum absolute atomic E-state index is 13.4. The highest BCUT2D eigenvalue weighted by Crippen LogP contribution is 2.30. The number of aryl methyl sites for hydroxylation is 2. The van der Waals surface area contributed by atoms with Gasteiger partial charge in [0, 0.05) is 11.3 Å². The van der Waals surface area contributed by atoms with E-state index >= 15 is 0 Å². The number of aromatic carboxylic acids is 1. The molecule has 0 saturated heterocycles. The molecule has 1 heterocycles. The normalized spacial score (nSPS) is 12.2. The number of anilines is 1. The van der Waals surface area contributed by atoms with E-state index in [-0.39, 0.29) is 11.6 Å². The number of nitrogens with one attached hydrogen (secondary N) is 1. The van der Waals surface area contributed by atoms with Crippen LogP contribution in [-0.2, 0) is 0 Å². The topological polar surface area (TPSA) is 75.1 Å². The van der Waals surface area contributed by atoms with Crippen molar-refractivity contribution in [1.82, 2.24) is 9.97 Å². The summed E-state index contributed by atoms with van der Waals surface area (Å²) >= 11 is 1.53. The van der Waals surface area contributed by atoms with Crippen molar-refractivity contribution in [3.05, 3.63) is 58.5 Å². The molecule has 7 heteroatoms. The van der Waals surface area contributed by atoms with E-state index in [1.165, 1.54) is 23.9 Å². The molecule has 0 bridgehead atoms. The van der Waals surface area contributed by atoms with Crippen LogP contribution >= 0.6 is 11.8 Å². The van der Waals surface area contributed by atoms with E-state index in [2.05, 4.69) is 10.3 Å². The first-order chi connectivity index (χ1) is 12.8. The van der Waals surface area contributed by atoms with Crippen molar-refractivity contribution < 1.29 is 14.3 Å². The summed E-state index contributed by atoms with van der Waals surface area (Å²) in [6.45, 7) is 5.83. The summed E-state index contributed by atoms with van der Waals surface area (Å²) in [5, 5.41) is 13.4. The lowest BCUT2D eigenvalue weighted by atomic mass is 10.0. The molecule has 0 amide bonds. The maximum atomic E-state index is 13.4. The van der Waals surface area contributed by atoms with Gasteiger partial charge in [0.1, 0.15) is 10.8 Å². The molecule has 3 aromatic rings. The van der Waals surface area contributed by atoms with Gasteiger partial charge in [-0.25, -0.2) is 19.2 Å². The van der Waals surface area contributed by atoms with Gasteiger partial charge >= 0.3 is 5.97 Å². The minimum absolute atomic E-state index is 0.106. The average molecular weight is 385 g/mol. The Balaban J connectivity index is 2.08. The molecule has 0 saturated carbocycles. The highest BCUT2D eigenvalue weighted by atomic mass is 32.2. The summed E-state index contributed by atoms with van der Waals surface area (Å²) in [7, 11) is 0. The molecule has 3 rings (SSSR count). The Labute approximate surface area is 161 Å². The molecule has 2 aromatic carbocycles. The van der Waals surface area contributed by atoms with Crippen LogP contribution in [0.25, 0.3) is 11.0 Å². The van der Waals surface area contributed by atoms with Crippen molar-refractivity contribution in [2.45, 2.75) is 31.8 Å². The SMILES string of the molecule is CSc1nc2c([C@@H](C)Nc3ccc(F)cc3C(=O)O)cc(C)cc2nc1C. The van der Waals surface area contributed by atoms with Crippen molar-refractivity contribution in [3.8, 4) is 0 Å². The largest absolute Gasteiger partial charge is 0.478 e. The predicted molar refractivity (Wildman–Crippen MR) is 106 cm³/mol. The molecular formula is C20H20FN3O2S. The Morgan fingerprint density at radius 3 is 2.63 bits per heavy atom. The number of hydrogen-bond donors (Lipinski definition) is 2. The van der Waals surface area contributed by atoms with Gasteiger partial charge in [-0.2, -0.15) is 0 Å². The lowest BCUT2D eigenvalue weighted by Gasteiger charge is -2.20. The molecule has 0 radical (unpaired) electrons. The van der Waals surface area contributed by atoms with Crippen molar-refractivity contribution in [1.29, 1.82) is 0 Å². The molecule has 0 spiro atoms. The fourth-order valence-corrected chi connectivity index (χ4v) is 3.58. The molecule has 5 nitrogen and oxygen atoms in total. The third-order valence-corrected chi connectivity index (χ3v) is 5.09. The van der Waals surface area contributed by atoms with E-state index in [1.807, 2.05) is 39.2 Å². The summed E-state index contributed by atoms with van der Waals surface area (Å²) in [6, 6.07) is 7.44. The summed E-state index contributed by atoms with van der Waals surface area (Å²) in [6.07, 6.45) is 1.95. The zero-order valence-electron chi connectivity index (χ0n) is 15.5. The molecule has 1 aromatic heterocycles. The van der Waals surface area contributed by atoms with E-state index < -0.39 is 11.8 Å². The molecule has 140 valence electrons. The summed E-state index contributed by atoms with van der Waals surface area (Å²) in [4.78, 5) is 20.9. The second kappa shape index (κ2) is 7.52. The highest BCUT2D eigenvalue weighted by molar-refractivity contribution is 7.98. The lowest BCUT2D eigenvalue weighted by molar-refractivity contribution is 0.0697. The third-order valence-electron chi connectivity index (χ3n) is 4.32. The van der Waals surface area contributed by atoms with Gasteiger partial charge in [0.15, 0.2) is 0 Å². The number of halogens is 1. The Hall–Kier alpha value is -2.67. The van der Waals surface area contributed by atoms with Crippen molar-refractivity contribution in [2.75, 3.05) is 11.6 Å². The number of rotatable bonds is 5. The number of carboxylic acids is 1. The van der Waals surface area contributed by atoms with Crippen molar-refractivity contribution in [2.24, 2.45) is 0 Å². The van der Waals surface area contributed by atoms with E-state index in [0.717, 1.165) is 38.9 Å². The van der Waals surface area contributed by atoms with Crippen LogP contribution in [0.3, 0.4) is 0 Å². The predicted octanol–water partition coefficient (Wildman–Crippen LogP) is 4.98. The van der Waals surface area contributed by atoms with Gasteiger partial charge in [-0.1, -0.05) is 6.07 Å². The summed E-state index contributed by atoms with van der Waals surface area (Å²) < 4.78 is 13.4. The van der Waals surface area contributed by atoms with E-state index in [1.54, 1.807) is 0 Å². The van der Waals surface area contributed by atoms with E-state index in [4.69, 9.17) is 4.98 Å². The standard InChI is InChI=1S/C20H20FN3O2S/c1-10-7-14(18-17(8-10)23-12(3)19(24-18)27-4)11(2)22-16-6-5-13(21)9-15(16)20(25)26/h5-9,11,22H,1-4H3,(H,25,26)/t11-/m1/s1. The van der Waals surface area contributed by atoms with Crippen LogP contribution in [0.1, 0.15) is 40.1 Å². The van der Waals surface area contributed by atoms with Crippen LogP contribution in [0.2, 0.25) is 0 Å². The van der Waals surface area contributed by atoms with Crippen LogP contribution < -0.4 is 5.32 Å². The second-order valence-electron chi connectivity index (χ2n) is 6.40. The Morgan fingerprint density at radius 2 is 1.96 bits per heavy atom.